The zero-order valence-corrected chi connectivity index (χ0v) is 13.0. The summed E-state index contributed by atoms with van der Waals surface area (Å²) in [5, 5.41) is 13.5. The largest absolute Gasteiger partial charge is 0.496 e. The van der Waals surface area contributed by atoms with Gasteiger partial charge in [0.05, 0.1) is 19.3 Å². The number of benzene rings is 1. The summed E-state index contributed by atoms with van der Waals surface area (Å²) < 4.78 is 7.17. The van der Waals surface area contributed by atoms with Crippen LogP contribution in [0, 0.1) is 11.3 Å². The van der Waals surface area contributed by atoms with E-state index in [-0.39, 0.29) is 17.3 Å². The molecule has 0 fully saturated rings. The number of aromatic nitrogens is 4. The molecule has 4 N–H and O–H groups in total. The van der Waals surface area contributed by atoms with Crippen LogP contribution >= 0.6 is 0 Å². The minimum Gasteiger partial charge on any atom is -0.496 e. The number of nitrogens with zero attached hydrogens (tertiary/aromatic N) is 5. The molecule has 8 nitrogen and oxygen atoms in total. The van der Waals surface area contributed by atoms with Crippen molar-refractivity contribution < 1.29 is 4.74 Å². The van der Waals surface area contributed by atoms with Crippen molar-refractivity contribution in [1.29, 1.82) is 5.26 Å². The summed E-state index contributed by atoms with van der Waals surface area (Å²) in [6.45, 7) is 0.516. The van der Waals surface area contributed by atoms with Crippen molar-refractivity contribution in [3.63, 3.8) is 0 Å². The molecule has 0 aliphatic heterocycles. The minimum atomic E-state index is 0.0194. The second kappa shape index (κ2) is 6.26. The van der Waals surface area contributed by atoms with Gasteiger partial charge in [-0.2, -0.15) is 15.3 Å². The molecule has 0 aliphatic rings. The van der Waals surface area contributed by atoms with Gasteiger partial charge in [-0.3, -0.25) is 4.68 Å². The highest BCUT2D eigenvalue weighted by atomic mass is 16.5. The van der Waals surface area contributed by atoms with E-state index in [1.807, 2.05) is 30.5 Å². The topological polar surface area (TPSA) is 129 Å². The first-order chi connectivity index (χ1) is 11.6. The molecule has 3 rings (SSSR count). The molecule has 3 aromatic rings. The predicted octanol–water partition coefficient (Wildman–Crippen LogP) is 1.43. The molecular weight excluding hydrogens is 306 g/mol. The molecule has 8 heteroatoms. The van der Waals surface area contributed by atoms with Crippen LogP contribution in [0.25, 0.3) is 11.3 Å². The van der Waals surface area contributed by atoms with Gasteiger partial charge in [0.1, 0.15) is 23.2 Å². The van der Waals surface area contributed by atoms with Crippen LogP contribution in [-0.2, 0) is 6.54 Å². The average Bonchev–Trinajstić information content (AvgIpc) is 3.07. The highest BCUT2D eigenvalue weighted by molar-refractivity contribution is 5.74. The second-order valence-corrected chi connectivity index (χ2v) is 5.03. The summed E-state index contributed by atoms with van der Waals surface area (Å²) in [5.74, 6) is 0.790. The van der Waals surface area contributed by atoms with Gasteiger partial charge in [-0.05, 0) is 24.3 Å². The third-order valence-corrected chi connectivity index (χ3v) is 3.51. The van der Waals surface area contributed by atoms with Crippen LogP contribution in [0.3, 0.4) is 0 Å². The van der Waals surface area contributed by atoms with Crippen LogP contribution in [0.5, 0.6) is 5.75 Å². The van der Waals surface area contributed by atoms with E-state index in [1.54, 1.807) is 24.1 Å². The van der Waals surface area contributed by atoms with Crippen LogP contribution < -0.4 is 16.2 Å². The van der Waals surface area contributed by atoms with Gasteiger partial charge in [0.15, 0.2) is 0 Å². The zero-order chi connectivity index (χ0) is 17.1. The summed E-state index contributed by atoms with van der Waals surface area (Å²) >= 11 is 0. The number of nitrogens with two attached hydrogens (primary N) is 2. The van der Waals surface area contributed by atoms with Gasteiger partial charge in [-0.25, -0.2) is 4.98 Å². The third-order valence-electron chi connectivity index (χ3n) is 3.51. The van der Waals surface area contributed by atoms with E-state index in [2.05, 4.69) is 15.1 Å². The second-order valence-electron chi connectivity index (χ2n) is 5.03. The monoisotopic (exact) mass is 321 g/mol. The van der Waals surface area contributed by atoms with Gasteiger partial charge in [-0.1, -0.05) is 0 Å². The Balaban J connectivity index is 2.12. The molecule has 0 spiro atoms. The summed E-state index contributed by atoms with van der Waals surface area (Å²) in [4.78, 5) is 8.00. The number of nitrogen functional groups attached to an aromatic ring is 2. The van der Waals surface area contributed by atoms with Crippen molar-refractivity contribution in [2.24, 2.45) is 0 Å². The number of methoxy groups -OCH3 is 1. The quantitative estimate of drug-likeness (QED) is 0.743. The van der Waals surface area contributed by atoms with E-state index < -0.39 is 0 Å². The molecule has 2 aromatic heterocycles. The van der Waals surface area contributed by atoms with E-state index in [1.165, 1.54) is 0 Å². The lowest BCUT2D eigenvalue weighted by Gasteiger charge is -2.12. The summed E-state index contributed by atoms with van der Waals surface area (Å²) in [6.07, 6.45) is 3.56. The Hall–Kier alpha value is -3.60. The van der Waals surface area contributed by atoms with Gasteiger partial charge >= 0.3 is 0 Å². The first-order valence-electron chi connectivity index (χ1n) is 7.10. The van der Waals surface area contributed by atoms with Gasteiger partial charge in [-0.15, -0.1) is 0 Å². The predicted molar refractivity (Wildman–Crippen MR) is 88.9 cm³/mol. The maximum atomic E-state index is 9.34. The normalized spacial score (nSPS) is 10.3. The SMILES string of the molecule is COc1ccc(-c2nc(N)nc(N)c2C#N)cc1Cn1cccn1. The molecule has 1 aromatic carbocycles. The van der Waals surface area contributed by atoms with E-state index in [0.29, 0.717) is 23.6 Å². The summed E-state index contributed by atoms with van der Waals surface area (Å²) in [7, 11) is 1.60. The molecule has 120 valence electrons. The smallest absolute Gasteiger partial charge is 0.222 e. The Morgan fingerprint density at radius 3 is 2.79 bits per heavy atom. The van der Waals surface area contributed by atoms with Gasteiger partial charge in [0, 0.05) is 23.5 Å². The summed E-state index contributed by atoms with van der Waals surface area (Å²) in [5.41, 5.74) is 13.6. The lowest BCUT2D eigenvalue weighted by molar-refractivity contribution is 0.407. The molecule has 0 saturated heterocycles. The maximum Gasteiger partial charge on any atom is 0.222 e. The fraction of sp³-hybridized carbons (Fsp3) is 0.125. The maximum absolute atomic E-state index is 9.34. The Kier molecular flexibility index (Phi) is 3.99. The van der Waals surface area contributed by atoms with Crippen molar-refractivity contribution in [3.8, 4) is 23.1 Å². The Morgan fingerprint density at radius 1 is 1.29 bits per heavy atom. The first kappa shape index (κ1) is 15.3. The van der Waals surface area contributed by atoms with Crippen LogP contribution in [0.4, 0.5) is 11.8 Å². The highest BCUT2D eigenvalue weighted by Crippen LogP contribution is 2.30. The Labute approximate surface area is 138 Å². The molecule has 0 saturated carbocycles. The van der Waals surface area contributed by atoms with Gasteiger partial charge in [0.25, 0.3) is 0 Å². The molecule has 2 heterocycles. The van der Waals surface area contributed by atoms with Gasteiger partial charge in [0.2, 0.25) is 5.95 Å². The van der Waals surface area contributed by atoms with Crippen molar-refractivity contribution in [2.75, 3.05) is 18.6 Å². The Bertz CT molecular complexity index is 913. The molecule has 0 aliphatic carbocycles. The number of anilines is 2. The van der Waals surface area contributed by atoms with Crippen molar-refractivity contribution >= 4 is 11.8 Å². The van der Waals surface area contributed by atoms with Crippen LogP contribution in [0.1, 0.15) is 11.1 Å². The summed E-state index contributed by atoms with van der Waals surface area (Å²) in [6, 6.07) is 9.36. The van der Waals surface area contributed by atoms with Crippen molar-refractivity contribution in [3.05, 3.63) is 47.8 Å². The lowest BCUT2D eigenvalue weighted by atomic mass is 10.0. The highest BCUT2D eigenvalue weighted by Gasteiger charge is 2.15. The van der Waals surface area contributed by atoms with E-state index >= 15 is 0 Å². The minimum absolute atomic E-state index is 0.0194. The lowest BCUT2D eigenvalue weighted by Crippen LogP contribution is -2.06. The first-order valence-corrected chi connectivity index (χ1v) is 7.10. The fourth-order valence-electron chi connectivity index (χ4n) is 2.43. The van der Waals surface area contributed by atoms with E-state index in [0.717, 1.165) is 5.56 Å². The molecule has 0 atom stereocenters. The van der Waals surface area contributed by atoms with E-state index in [4.69, 9.17) is 16.2 Å². The third kappa shape index (κ3) is 2.83. The molecule has 24 heavy (non-hydrogen) atoms. The average molecular weight is 321 g/mol. The number of hydrogen-bond donors (Lipinski definition) is 2. The zero-order valence-electron chi connectivity index (χ0n) is 13.0. The molecule has 0 radical (unpaired) electrons. The Morgan fingerprint density at radius 2 is 2.12 bits per heavy atom. The van der Waals surface area contributed by atoms with E-state index in [9.17, 15) is 5.26 Å². The van der Waals surface area contributed by atoms with Crippen LogP contribution in [0.15, 0.2) is 36.7 Å². The van der Waals surface area contributed by atoms with Crippen LogP contribution in [-0.4, -0.2) is 26.9 Å². The number of ether oxygens (including phenoxy) is 1. The van der Waals surface area contributed by atoms with Crippen molar-refractivity contribution in [2.45, 2.75) is 6.54 Å². The van der Waals surface area contributed by atoms with Crippen molar-refractivity contribution in [1.82, 2.24) is 19.7 Å². The van der Waals surface area contributed by atoms with Crippen LogP contribution in [0.2, 0.25) is 0 Å². The number of nitriles is 1. The molecular formula is C16H15N7O. The molecule has 0 bridgehead atoms. The fourth-order valence-corrected chi connectivity index (χ4v) is 2.43. The number of hydrogen-bond acceptors (Lipinski definition) is 7. The standard InChI is InChI=1S/C16H15N7O/c1-24-13-4-3-10(7-11(13)9-23-6-2-5-20-23)14-12(8-17)15(18)22-16(19)21-14/h2-7H,9H2,1H3,(H4,18,19,21,22). The molecule has 0 unspecified atom stereocenters. The van der Waals surface area contributed by atoms with Gasteiger partial charge < -0.3 is 16.2 Å². The molecule has 0 amide bonds. The number of rotatable bonds is 4.